The molecule has 1 aliphatic heterocycles. The molecule has 3 rings (SSSR count). The van der Waals surface area contributed by atoms with Gasteiger partial charge < -0.3 is 0 Å². The third kappa shape index (κ3) is 1.52. The summed E-state index contributed by atoms with van der Waals surface area (Å²) >= 11 is 0. The van der Waals surface area contributed by atoms with Crippen molar-refractivity contribution >= 4 is 17.5 Å². The minimum Gasteiger partial charge on any atom is -0.263 e. The Balaban J connectivity index is 2.32. The fourth-order valence-corrected chi connectivity index (χ4v) is 2.16. The van der Waals surface area contributed by atoms with E-state index in [0.29, 0.717) is 5.56 Å². The summed E-state index contributed by atoms with van der Waals surface area (Å²) in [5.41, 5.74) is 0.420. The molecular formula is C10H5N5O4. The van der Waals surface area contributed by atoms with Crippen molar-refractivity contribution in [1.82, 2.24) is 0 Å². The highest BCUT2D eigenvalue weighted by atomic mass is 16.6. The summed E-state index contributed by atoms with van der Waals surface area (Å²) < 4.78 is 0. The summed E-state index contributed by atoms with van der Waals surface area (Å²) in [4.78, 5) is 21.0. The molecule has 0 bridgehead atoms. The van der Waals surface area contributed by atoms with Gasteiger partial charge in [-0.3, -0.25) is 20.2 Å². The number of benzene rings is 1. The Hall–Kier alpha value is -2.97. The normalized spacial score (nSPS) is 19.3. The lowest BCUT2D eigenvalue weighted by molar-refractivity contribution is -0.510. The van der Waals surface area contributed by atoms with Crippen LogP contribution in [-0.4, -0.2) is 15.6 Å². The monoisotopic (exact) mass is 259 g/mol. The van der Waals surface area contributed by atoms with Gasteiger partial charge in [0.15, 0.2) is 5.71 Å². The molecule has 0 amide bonds. The minimum atomic E-state index is -1.41. The smallest absolute Gasteiger partial charge is 0.263 e. The number of nitro benzene ring substituents is 1. The van der Waals surface area contributed by atoms with E-state index in [1.807, 2.05) is 0 Å². The van der Waals surface area contributed by atoms with Crippen molar-refractivity contribution in [2.24, 2.45) is 15.4 Å². The van der Waals surface area contributed by atoms with Gasteiger partial charge in [-0.15, -0.1) is 10.2 Å². The van der Waals surface area contributed by atoms with E-state index in [4.69, 9.17) is 0 Å². The van der Waals surface area contributed by atoms with Gasteiger partial charge in [-0.2, -0.15) is 0 Å². The second-order valence-corrected chi connectivity index (χ2v) is 3.93. The maximum Gasteiger partial charge on any atom is 0.290 e. The molecule has 0 N–H and O–H groups in total. The molecular weight excluding hydrogens is 254 g/mol. The Kier molecular flexibility index (Phi) is 2.21. The molecule has 0 saturated carbocycles. The molecule has 0 fully saturated rings. The topological polar surface area (TPSA) is 123 Å². The van der Waals surface area contributed by atoms with E-state index in [1.165, 1.54) is 18.2 Å². The Morgan fingerprint density at radius 3 is 2.68 bits per heavy atom. The van der Waals surface area contributed by atoms with Gasteiger partial charge >= 0.3 is 0 Å². The van der Waals surface area contributed by atoms with Crippen LogP contribution in [-0.2, 0) is 0 Å². The van der Waals surface area contributed by atoms with Gasteiger partial charge in [0.1, 0.15) is 11.3 Å². The zero-order valence-corrected chi connectivity index (χ0v) is 9.26. The van der Waals surface area contributed by atoms with Crippen molar-refractivity contribution in [2.75, 3.05) is 0 Å². The third-order valence-electron chi connectivity index (χ3n) is 2.92. The Morgan fingerprint density at radius 1 is 1.21 bits per heavy atom. The summed E-state index contributed by atoms with van der Waals surface area (Å²) in [5.74, 6) is 0. The quantitative estimate of drug-likeness (QED) is 0.595. The van der Waals surface area contributed by atoms with Crippen molar-refractivity contribution in [3.05, 3.63) is 55.3 Å². The van der Waals surface area contributed by atoms with E-state index in [1.54, 1.807) is 6.07 Å². The standard InChI is InChI=1S/C10H5N5O4/c16-14(17)7-3-1-2-5-4-6-9(12-13-11-6)10(8(5)7)15(18)19/h1-4,10H. The van der Waals surface area contributed by atoms with E-state index >= 15 is 0 Å². The summed E-state index contributed by atoms with van der Waals surface area (Å²) in [6.45, 7) is 0. The fraction of sp³-hybridized carbons (Fsp3) is 0.100. The van der Waals surface area contributed by atoms with Gasteiger partial charge in [-0.05, 0) is 16.9 Å². The van der Waals surface area contributed by atoms with Gasteiger partial charge in [0, 0.05) is 11.0 Å². The molecule has 9 heteroatoms. The first kappa shape index (κ1) is 11.1. The fourth-order valence-electron chi connectivity index (χ4n) is 2.16. The molecule has 0 radical (unpaired) electrons. The molecule has 19 heavy (non-hydrogen) atoms. The second-order valence-electron chi connectivity index (χ2n) is 3.93. The third-order valence-corrected chi connectivity index (χ3v) is 2.92. The molecule has 1 unspecified atom stereocenters. The molecule has 1 heterocycles. The van der Waals surface area contributed by atoms with E-state index in [-0.39, 0.29) is 22.7 Å². The van der Waals surface area contributed by atoms with Crippen LogP contribution in [0.1, 0.15) is 17.2 Å². The maximum atomic E-state index is 11.2. The van der Waals surface area contributed by atoms with Crippen molar-refractivity contribution in [1.29, 1.82) is 0 Å². The van der Waals surface area contributed by atoms with Crippen LogP contribution in [0.5, 0.6) is 0 Å². The predicted molar refractivity (Wildman–Crippen MR) is 63.1 cm³/mol. The van der Waals surface area contributed by atoms with Crippen molar-refractivity contribution in [3.63, 3.8) is 0 Å². The first-order chi connectivity index (χ1) is 9.09. The van der Waals surface area contributed by atoms with Crippen LogP contribution >= 0.6 is 0 Å². The molecule has 0 spiro atoms. The van der Waals surface area contributed by atoms with E-state index in [2.05, 4.69) is 15.4 Å². The largest absolute Gasteiger partial charge is 0.290 e. The number of nitro groups is 2. The van der Waals surface area contributed by atoms with Crippen LogP contribution < -0.4 is 0 Å². The summed E-state index contributed by atoms with van der Waals surface area (Å²) in [6.07, 6.45) is 1.51. The number of nitrogens with zero attached hydrogens (tertiary/aromatic N) is 5. The second kappa shape index (κ2) is 3.77. The van der Waals surface area contributed by atoms with Crippen LogP contribution in [0.3, 0.4) is 0 Å². The zero-order valence-electron chi connectivity index (χ0n) is 9.26. The lowest BCUT2D eigenvalue weighted by atomic mass is 9.88. The molecule has 1 aromatic carbocycles. The number of rotatable bonds is 2. The van der Waals surface area contributed by atoms with Crippen LogP contribution in [0.25, 0.3) is 6.08 Å². The molecule has 1 aliphatic carbocycles. The van der Waals surface area contributed by atoms with Gasteiger partial charge in [0.2, 0.25) is 0 Å². The van der Waals surface area contributed by atoms with E-state index in [9.17, 15) is 20.2 Å². The Bertz CT molecular complexity index is 706. The van der Waals surface area contributed by atoms with Crippen LogP contribution in [0.15, 0.2) is 39.3 Å². The number of hydrogen-bond donors (Lipinski definition) is 0. The number of fused-ring (bicyclic) bond motifs is 2. The first-order valence-corrected chi connectivity index (χ1v) is 5.21. The Morgan fingerprint density at radius 2 is 2.00 bits per heavy atom. The maximum absolute atomic E-state index is 11.2. The molecule has 94 valence electrons. The lowest BCUT2D eigenvalue weighted by Crippen LogP contribution is -2.25. The minimum absolute atomic E-state index is 0.0206. The zero-order chi connectivity index (χ0) is 13.6. The van der Waals surface area contributed by atoms with Gasteiger partial charge in [-0.1, -0.05) is 12.1 Å². The summed E-state index contributed by atoms with van der Waals surface area (Å²) in [5, 5.41) is 32.9. The number of hydrogen-bond acceptors (Lipinski definition) is 7. The lowest BCUT2D eigenvalue weighted by Gasteiger charge is -2.16. The molecule has 0 aromatic heterocycles. The van der Waals surface area contributed by atoms with E-state index in [0.717, 1.165) is 0 Å². The van der Waals surface area contributed by atoms with Crippen molar-refractivity contribution < 1.29 is 9.85 Å². The molecule has 1 atom stereocenters. The highest BCUT2D eigenvalue weighted by Crippen LogP contribution is 2.39. The van der Waals surface area contributed by atoms with Gasteiger partial charge in [-0.25, -0.2) is 0 Å². The Labute approximate surface area is 105 Å². The average molecular weight is 259 g/mol. The highest BCUT2D eigenvalue weighted by Gasteiger charge is 2.43. The summed E-state index contributed by atoms with van der Waals surface area (Å²) in [7, 11) is 0. The molecule has 1 aromatic rings. The van der Waals surface area contributed by atoms with Crippen LogP contribution in [0.4, 0.5) is 5.69 Å². The van der Waals surface area contributed by atoms with Gasteiger partial charge in [0.05, 0.1) is 4.92 Å². The molecule has 9 nitrogen and oxygen atoms in total. The van der Waals surface area contributed by atoms with Crippen LogP contribution in [0.2, 0.25) is 0 Å². The van der Waals surface area contributed by atoms with Crippen molar-refractivity contribution in [2.45, 2.75) is 6.04 Å². The molecule has 2 aliphatic rings. The van der Waals surface area contributed by atoms with Crippen molar-refractivity contribution in [3.8, 4) is 0 Å². The predicted octanol–water partition coefficient (Wildman–Crippen LogP) is 2.09. The first-order valence-electron chi connectivity index (χ1n) is 5.21. The van der Waals surface area contributed by atoms with Crippen LogP contribution in [0, 0.1) is 20.2 Å². The summed E-state index contributed by atoms with van der Waals surface area (Å²) in [6, 6.07) is 2.86. The van der Waals surface area contributed by atoms with E-state index < -0.39 is 15.9 Å². The van der Waals surface area contributed by atoms with Gasteiger partial charge in [0.25, 0.3) is 11.7 Å². The highest BCUT2D eigenvalue weighted by molar-refractivity contribution is 6.10. The SMILES string of the molecule is O=[N+]([O-])c1cccc2c1C([N+](=O)[O-])C1=NN=NC1=C2. The average Bonchev–Trinajstić information content (AvgIpc) is 2.81. The molecule has 0 saturated heterocycles.